The molecule has 0 aromatic heterocycles. The molecule has 17 heavy (non-hydrogen) atoms. The lowest BCUT2D eigenvalue weighted by atomic mass is 9.98. The topological polar surface area (TPSA) is 55.8 Å². The lowest BCUT2D eigenvalue weighted by molar-refractivity contribution is -0.130. The number of carbonyl (C=O) groups excluding carboxylic acids is 2. The Morgan fingerprint density at radius 2 is 1.94 bits per heavy atom. The summed E-state index contributed by atoms with van der Waals surface area (Å²) in [5.74, 6) is 0.360. The van der Waals surface area contributed by atoms with Crippen LogP contribution in [0.2, 0.25) is 0 Å². The molecule has 0 aromatic carbocycles. The number of ether oxygens (including phenoxy) is 2. The second-order valence-electron chi connectivity index (χ2n) is 5.34. The molecule has 1 aliphatic rings. The molecule has 5 nitrogen and oxygen atoms in total. The largest absolute Gasteiger partial charge is 0.468 e. The number of nitrogens with zero attached hydrogens (tertiary/aromatic N) is 1. The summed E-state index contributed by atoms with van der Waals surface area (Å²) in [6.07, 6.45) is 1.45. The van der Waals surface area contributed by atoms with Gasteiger partial charge in [-0.3, -0.25) is 4.79 Å². The summed E-state index contributed by atoms with van der Waals surface area (Å²) >= 11 is 0. The van der Waals surface area contributed by atoms with E-state index in [1.54, 1.807) is 4.90 Å². The van der Waals surface area contributed by atoms with Gasteiger partial charge in [0.2, 0.25) is 0 Å². The smallest absolute Gasteiger partial charge is 0.410 e. The van der Waals surface area contributed by atoms with Crippen molar-refractivity contribution in [1.82, 2.24) is 4.90 Å². The summed E-state index contributed by atoms with van der Waals surface area (Å²) in [6, 6.07) is 0. The summed E-state index contributed by atoms with van der Waals surface area (Å²) in [4.78, 5) is 23.5. The minimum atomic E-state index is -0.450. The summed E-state index contributed by atoms with van der Waals surface area (Å²) in [5, 5.41) is 0. The number of rotatable bonds is 3. The standard InChI is InChI=1S/C12H21NO4/c1-12(2,3)17-11(15)13-6-4-10(5-7-13)8-16-9-14/h9-10H,4-8H2,1-3H3. The van der Waals surface area contributed by atoms with Crippen molar-refractivity contribution >= 4 is 12.6 Å². The van der Waals surface area contributed by atoms with Gasteiger partial charge in [0.15, 0.2) is 0 Å². The Labute approximate surface area is 102 Å². The van der Waals surface area contributed by atoms with Gasteiger partial charge in [-0.2, -0.15) is 0 Å². The molecule has 0 atom stereocenters. The van der Waals surface area contributed by atoms with Crippen LogP contribution in [0.4, 0.5) is 4.79 Å². The molecule has 0 radical (unpaired) electrons. The average Bonchev–Trinajstić information content (AvgIpc) is 2.24. The lowest BCUT2D eigenvalue weighted by Crippen LogP contribution is -2.42. The third-order valence-electron chi connectivity index (χ3n) is 2.67. The van der Waals surface area contributed by atoms with Crippen LogP contribution in [-0.4, -0.2) is 42.8 Å². The van der Waals surface area contributed by atoms with Crippen molar-refractivity contribution in [2.75, 3.05) is 19.7 Å². The van der Waals surface area contributed by atoms with Crippen LogP contribution in [0.1, 0.15) is 33.6 Å². The quantitative estimate of drug-likeness (QED) is 0.709. The maximum Gasteiger partial charge on any atom is 0.410 e. The monoisotopic (exact) mass is 243 g/mol. The first-order valence-electron chi connectivity index (χ1n) is 5.95. The Bertz CT molecular complexity index is 264. The van der Waals surface area contributed by atoms with Crippen molar-refractivity contribution in [1.29, 1.82) is 0 Å². The van der Waals surface area contributed by atoms with E-state index in [-0.39, 0.29) is 6.09 Å². The number of hydrogen-bond acceptors (Lipinski definition) is 4. The Kier molecular flexibility index (Phi) is 4.78. The third-order valence-corrected chi connectivity index (χ3v) is 2.67. The van der Waals surface area contributed by atoms with Crippen molar-refractivity contribution < 1.29 is 19.1 Å². The summed E-state index contributed by atoms with van der Waals surface area (Å²) in [6.45, 7) is 7.83. The van der Waals surface area contributed by atoms with Gasteiger partial charge in [-0.15, -0.1) is 0 Å². The van der Waals surface area contributed by atoms with Crippen molar-refractivity contribution in [3.05, 3.63) is 0 Å². The van der Waals surface area contributed by atoms with E-state index >= 15 is 0 Å². The highest BCUT2D eigenvalue weighted by molar-refractivity contribution is 5.68. The molecular weight excluding hydrogens is 222 g/mol. The Balaban J connectivity index is 2.31. The van der Waals surface area contributed by atoms with Crippen LogP contribution in [0.25, 0.3) is 0 Å². The van der Waals surface area contributed by atoms with E-state index < -0.39 is 5.60 Å². The first-order chi connectivity index (χ1) is 7.92. The molecule has 1 heterocycles. The molecule has 1 amide bonds. The molecule has 1 aliphatic heterocycles. The highest BCUT2D eigenvalue weighted by Crippen LogP contribution is 2.19. The van der Waals surface area contributed by atoms with Gasteiger partial charge in [0, 0.05) is 13.1 Å². The predicted molar refractivity (Wildman–Crippen MR) is 62.5 cm³/mol. The molecule has 98 valence electrons. The van der Waals surface area contributed by atoms with Crippen molar-refractivity contribution in [2.45, 2.75) is 39.2 Å². The minimum absolute atomic E-state index is 0.257. The number of amides is 1. The molecule has 1 rings (SSSR count). The molecule has 1 fully saturated rings. The Morgan fingerprint density at radius 1 is 1.35 bits per heavy atom. The molecule has 0 saturated carbocycles. The van der Waals surface area contributed by atoms with Gasteiger partial charge < -0.3 is 14.4 Å². The summed E-state index contributed by atoms with van der Waals surface area (Å²) in [7, 11) is 0. The second-order valence-corrected chi connectivity index (χ2v) is 5.34. The van der Waals surface area contributed by atoms with Crippen LogP contribution >= 0.6 is 0 Å². The van der Waals surface area contributed by atoms with Crippen LogP contribution in [-0.2, 0) is 14.3 Å². The van der Waals surface area contributed by atoms with Gasteiger partial charge in [0.1, 0.15) is 5.60 Å². The van der Waals surface area contributed by atoms with Crippen LogP contribution < -0.4 is 0 Å². The van der Waals surface area contributed by atoms with Crippen LogP contribution in [0.5, 0.6) is 0 Å². The summed E-state index contributed by atoms with van der Waals surface area (Å²) < 4.78 is 10.0. The lowest BCUT2D eigenvalue weighted by Gasteiger charge is -2.33. The maximum absolute atomic E-state index is 11.8. The highest BCUT2D eigenvalue weighted by atomic mass is 16.6. The van der Waals surface area contributed by atoms with Gasteiger partial charge in [-0.1, -0.05) is 0 Å². The molecule has 0 N–H and O–H groups in total. The fourth-order valence-corrected chi connectivity index (χ4v) is 1.78. The molecule has 0 aromatic rings. The van der Waals surface area contributed by atoms with Crippen molar-refractivity contribution in [3.63, 3.8) is 0 Å². The van der Waals surface area contributed by atoms with Gasteiger partial charge >= 0.3 is 6.09 Å². The van der Waals surface area contributed by atoms with Crippen LogP contribution in [0.15, 0.2) is 0 Å². The molecule has 5 heteroatoms. The molecular formula is C12H21NO4. The zero-order valence-corrected chi connectivity index (χ0v) is 10.8. The molecule has 0 spiro atoms. The maximum atomic E-state index is 11.8. The van der Waals surface area contributed by atoms with Gasteiger partial charge in [-0.25, -0.2) is 4.79 Å². The van der Waals surface area contributed by atoms with Crippen molar-refractivity contribution in [2.24, 2.45) is 5.92 Å². The van der Waals surface area contributed by atoms with E-state index in [1.165, 1.54) is 0 Å². The van der Waals surface area contributed by atoms with Gasteiger partial charge in [0.05, 0.1) is 6.61 Å². The van der Waals surface area contributed by atoms with E-state index in [9.17, 15) is 9.59 Å². The van der Waals surface area contributed by atoms with Crippen LogP contribution in [0, 0.1) is 5.92 Å². The van der Waals surface area contributed by atoms with Crippen molar-refractivity contribution in [3.8, 4) is 0 Å². The van der Waals surface area contributed by atoms with Crippen LogP contribution in [0.3, 0.4) is 0 Å². The molecule has 0 unspecified atom stereocenters. The Morgan fingerprint density at radius 3 is 2.41 bits per heavy atom. The van der Waals surface area contributed by atoms with E-state index in [0.717, 1.165) is 12.8 Å². The number of carbonyl (C=O) groups is 2. The highest BCUT2D eigenvalue weighted by Gasteiger charge is 2.26. The van der Waals surface area contributed by atoms with E-state index in [2.05, 4.69) is 0 Å². The number of hydrogen-bond donors (Lipinski definition) is 0. The SMILES string of the molecule is CC(C)(C)OC(=O)N1CCC(COC=O)CC1. The van der Waals surface area contributed by atoms with Gasteiger partial charge in [-0.05, 0) is 39.5 Å². The Hall–Kier alpha value is -1.26. The molecule has 1 saturated heterocycles. The first kappa shape index (κ1) is 13.8. The second kappa shape index (κ2) is 5.89. The zero-order valence-electron chi connectivity index (χ0n) is 10.8. The first-order valence-corrected chi connectivity index (χ1v) is 5.95. The predicted octanol–water partition coefficient (Wildman–Crippen LogP) is 1.81. The fourth-order valence-electron chi connectivity index (χ4n) is 1.78. The molecule has 0 bridgehead atoms. The molecule has 0 aliphatic carbocycles. The minimum Gasteiger partial charge on any atom is -0.468 e. The van der Waals surface area contributed by atoms with E-state index in [4.69, 9.17) is 9.47 Å². The fraction of sp³-hybridized carbons (Fsp3) is 0.833. The average molecular weight is 243 g/mol. The number of likely N-dealkylation sites (tertiary alicyclic amines) is 1. The third kappa shape index (κ3) is 5.06. The number of piperidine rings is 1. The normalized spacial score (nSPS) is 17.7. The van der Waals surface area contributed by atoms with E-state index in [0.29, 0.717) is 32.1 Å². The van der Waals surface area contributed by atoms with E-state index in [1.807, 2.05) is 20.8 Å². The zero-order chi connectivity index (χ0) is 12.9. The summed E-state index contributed by atoms with van der Waals surface area (Å²) in [5.41, 5.74) is -0.450. The van der Waals surface area contributed by atoms with Gasteiger partial charge in [0.25, 0.3) is 6.47 Å².